The number of amides is 1. The van der Waals surface area contributed by atoms with Gasteiger partial charge in [0.25, 0.3) is 5.91 Å². The number of nitrogens with zero attached hydrogens (tertiary/aromatic N) is 1. The van der Waals surface area contributed by atoms with Gasteiger partial charge in [-0.1, -0.05) is 13.8 Å². The third-order valence-corrected chi connectivity index (χ3v) is 3.68. The first-order valence-electron chi connectivity index (χ1n) is 7.66. The lowest BCUT2D eigenvalue weighted by atomic mass is 10.1. The molecule has 0 radical (unpaired) electrons. The zero-order valence-electron chi connectivity index (χ0n) is 13.2. The van der Waals surface area contributed by atoms with Gasteiger partial charge in [0.05, 0.1) is 7.11 Å². The summed E-state index contributed by atoms with van der Waals surface area (Å²) in [4.78, 5) is 14.3. The molecule has 21 heavy (non-hydrogen) atoms. The lowest BCUT2D eigenvalue weighted by Crippen LogP contribution is -2.37. The Hall–Kier alpha value is -1.71. The third-order valence-electron chi connectivity index (χ3n) is 3.68. The number of benzene rings is 1. The zero-order chi connectivity index (χ0) is 15.2. The smallest absolute Gasteiger partial charge is 0.260 e. The molecule has 1 amide bonds. The van der Waals surface area contributed by atoms with Gasteiger partial charge in [-0.05, 0) is 49.4 Å². The van der Waals surface area contributed by atoms with E-state index in [1.165, 1.54) is 0 Å². The van der Waals surface area contributed by atoms with Gasteiger partial charge in [-0.25, -0.2) is 0 Å². The minimum absolute atomic E-state index is 0.0916. The maximum atomic E-state index is 12.3. The van der Waals surface area contributed by atoms with Gasteiger partial charge in [0.1, 0.15) is 11.5 Å². The average Bonchev–Trinajstić information content (AvgIpc) is 3.30. The number of carbonyl (C=O) groups excluding carboxylic acids is 1. The second-order valence-corrected chi connectivity index (χ2v) is 5.97. The molecular formula is C17H25NO3. The molecule has 0 heterocycles. The van der Waals surface area contributed by atoms with Crippen LogP contribution in [-0.4, -0.2) is 37.1 Å². The summed E-state index contributed by atoms with van der Waals surface area (Å²) in [6.07, 6.45) is 3.31. The summed E-state index contributed by atoms with van der Waals surface area (Å²) in [5.74, 6) is 2.18. The maximum absolute atomic E-state index is 12.3. The molecule has 1 aromatic rings. The van der Waals surface area contributed by atoms with E-state index in [0.717, 1.165) is 31.6 Å². The molecule has 0 N–H and O–H groups in total. The molecular weight excluding hydrogens is 266 g/mol. The molecule has 0 bridgehead atoms. The van der Waals surface area contributed by atoms with Crippen molar-refractivity contribution < 1.29 is 14.3 Å². The van der Waals surface area contributed by atoms with Crippen LogP contribution < -0.4 is 9.47 Å². The summed E-state index contributed by atoms with van der Waals surface area (Å²) >= 11 is 0. The summed E-state index contributed by atoms with van der Waals surface area (Å²) in [6.45, 7) is 5.32. The van der Waals surface area contributed by atoms with Crippen molar-refractivity contribution in [1.82, 2.24) is 4.90 Å². The fraction of sp³-hybridized carbons (Fsp3) is 0.588. The van der Waals surface area contributed by atoms with Gasteiger partial charge < -0.3 is 14.4 Å². The van der Waals surface area contributed by atoms with Crippen molar-refractivity contribution in [2.75, 3.05) is 20.3 Å². The molecule has 0 unspecified atom stereocenters. The van der Waals surface area contributed by atoms with Crippen molar-refractivity contribution in [2.24, 2.45) is 5.92 Å². The molecule has 1 aromatic carbocycles. The fourth-order valence-corrected chi connectivity index (χ4v) is 2.19. The van der Waals surface area contributed by atoms with E-state index < -0.39 is 0 Å². The van der Waals surface area contributed by atoms with Crippen LogP contribution in [0.15, 0.2) is 24.3 Å². The summed E-state index contributed by atoms with van der Waals surface area (Å²) in [5.41, 5.74) is 0. The topological polar surface area (TPSA) is 38.8 Å². The van der Waals surface area contributed by atoms with Crippen LogP contribution in [0.1, 0.15) is 33.1 Å². The van der Waals surface area contributed by atoms with Gasteiger partial charge in [0, 0.05) is 12.6 Å². The normalized spacial score (nSPS) is 14.1. The standard InChI is InChI=1S/C17H25NO3/c1-13(2)10-11-18(14-4-5-14)17(19)12-21-16-8-6-15(20-3)7-9-16/h6-9,13-14H,4-5,10-12H2,1-3H3. The molecule has 0 saturated heterocycles. The fourth-order valence-electron chi connectivity index (χ4n) is 2.19. The van der Waals surface area contributed by atoms with Gasteiger partial charge >= 0.3 is 0 Å². The first kappa shape index (κ1) is 15.7. The molecule has 1 aliphatic carbocycles. The molecule has 4 nitrogen and oxygen atoms in total. The Kier molecular flexibility index (Phi) is 5.48. The van der Waals surface area contributed by atoms with Crippen LogP contribution in [-0.2, 0) is 4.79 Å². The van der Waals surface area contributed by atoms with Crippen LogP contribution >= 0.6 is 0 Å². The molecule has 2 rings (SSSR count). The monoisotopic (exact) mass is 291 g/mol. The molecule has 0 aliphatic heterocycles. The molecule has 1 aliphatic rings. The predicted octanol–water partition coefficient (Wildman–Crippen LogP) is 3.11. The van der Waals surface area contributed by atoms with Crippen molar-refractivity contribution >= 4 is 5.91 Å². The number of carbonyl (C=O) groups is 1. The quantitative estimate of drug-likeness (QED) is 0.738. The Balaban J connectivity index is 1.83. The van der Waals surface area contributed by atoms with E-state index >= 15 is 0 Å². The Morgan fingerprint density at radius 3 is 2.38 bits per heavy atom. The Morgan fingerprint density at radius 2 is 1.86 bits per heavy atom. The molecule has 0 atom stereocenters. The highest BCUT2D eigenvalue weighted by molar-refractivity contribution is 5.78. The summed E-state index contributed by atoms with van der Waals surface area (Å²) in [6, 6.07) is 7.74. The van der Waals surface area contributed by atoms with Gasteiger partial charge in [-0.15, -0.1) is 0 Å². The minimum atomic E-state index is 0.0916. The summed E-state index contributed by atoms with van der Waals surface area (Å²) < 4.78 is 10.7. The van der Waals surface area contributed by atoms with Crippen LogP contribution in [0.5, 0.6) is 11.5 Å². The van der Waals surface area contributed by atoms with Gasteiger partial charge in [-0.3, -0.25) is 4.79 Å². The second kappa shape index (κ2) is 7.34. The van der Waals surface area contributed by atoms with E-state index in [-0.39, 0.29) is 12.5 Å². The first-order valence-corrected chi connectivity index (χ1v) is 7.66. The SMILES string of the molecule is COc1ccc(OCC(=O)N(CCC(C)C)C2CC2)cc1. The van der Waals surface area contributed by atoms with E-state index in [0.29, 0.717) is 17.7 Å². The highest BCUT2D eigenvalue weighted by atomic mass is 16.5. The Morgan fingerprint density at radius 1 is 1.24 bits per heavy atom. The highest BCUT2D eigenvalue weighted by Crippen LogP contribution is 2.27. The molecule has 1 fully saturated rings. The van der Waals surface area contributed by atoms with Crippen molar-refractivity contribution in [3.8, 4) is 11.5 Å². The number of hydrogen-bond donors (Lipinski definition) is 0. The van der Waals surface area contributed by atoms with Crippen LogP contribution in [0, 0.1) is 5.92 Å². The predicted molar refractivity (Wildman–Crippen MR) is 82.7 cm³/mol. The minimum Gasteiger partial charge on any atom is -0.497 e. The van der Waals surface area contributed by atoms with Gasteiger partial charge in [-0.2, -0.15) is 0 Å². The number of methoxy groups -OCH3 is 1. The lowest BCUT2D eigenvalue weighted by molar-refractivity contribution is -0.134. The van der Waals surface area contributed by atoms with Crippen molar-refractivity contribution in [1.29, 1.82) is 0 Å². The number of rotatable bonds is 8. The summed E-state index contributed by atoms with van der Waals surface area (Å²) in [7, 11) is 1.63. The van der Waals surface area contributed by atoms with E-state index in [2.05, 4.69) is 13.8 Å². The first-order chi connectivity index (χ1) is 10.1. The molecule has 4 heteroatoms. The number of ether oxygens (including phenoxy) is 2. The largest absolute Gasteiger partial charge is 0.497 e. The Labute approximate surface area is 127 Å². The second-order valence-electron chi connectivity index (χ2n) is 5.97. The maximum Gasteiger partial charge on any atom is 0.260 e. The van der Waals surface area contributed by atoms with Gasteiger partial charge in [0.15, 0.2) is 6.61 Å². The average molecular weight is 291 g/mol. The molecule has 116 valence electrons. The van der Waals surface area contributed by atoms with E-state index in [1.807, 2.05) is 29.2 Å². The zero-order valence-corrected chi connectivity index (χ0v) is 13.2. The number of hydrogen-bond acceptors (Lipinski definition) is 3. The molecule has 0 spiro atoms. The lowest BCUT2D eigenvalue weighted by Gasteiger charge is -2.23. The van der Waals surface area contributed by atoms with Gasteiger partial charge in [0.2, 0.25) is 0 Å². The van der Waals surface area contributed by atoms with Crippen LogP contribution in [0.4, 0.5) is 0 Å². The van der Waals surface area contributed by atoms with Crippen LogP contribution in [0.3, 0.4) is 0 Å². The van der Waals surface area contributed by atoms with Crippen LogP contribution in [0.2, 0.25) is 0 Å². The third kappa shape index (κ3) is 4.96. The highest BCUT2D eigenvalue weighted by Gasteiger charge is 2.32. The van der Waals surface area contributed by atoms with E-state index in [9.17, 15) is 4.79 Å². The van der Waals surface area contributed by atoms with E-state index in [1.54, 1.807) is 7.11 Å². The molecule has 0 aromatic heterocycles. The summed E-state index contributed by atoms with van der Waals surface area (Å²) in [5, 5.41) is 0. The Bertz CT molecular complexity index is 452. The van der Waals surface area contributed by atoms with Crippen molar-refractivity contribution in [3.63, 3.8) is 0 Å². The van der Waals surface area contributed by atoms with E-state index in [4.69, 9.17) is 9.47 Å². The van der Waals surface area contributed by atoms with Crippen molar-refractivity contribution in [3.05, 3.63) is 24.3 Å². The molecule has 1 saturated carbocycles. The van der Waals surface area contributed by atoms with Crippen molar-refractivity contribution in [2.45, 2.75) is 39.2 Å². The van der Waals surface area contributed by atoms with Crippen LogP contribution in [0.25, 0.3) is 0 Å².